The quantitative estimate of drug-likeness (QED) is 0.663. The van der Waals surface area contributed by atoms with Crippen molar-refractivity contribution in [2.45, 2.75) is 6.92 Å². The zero-order chi connectivity index (χ0) is 11.5. The minimum atomic E-state index is 0.649. The number of nitrogens with zero attached hydrogens (tertiary/aromatic N) is 2. The van der Waals surface area contributed by atoms with Crippen molar-refractivity contribution >= 4 is 13.3 Å². The Hall–Kier alpha value is -2.08. The molecule has 0 amide bonds. The lowest BCUT2D eigenvalue weighted by Crippen LogP contribution is -2.08. The second-order valence-electron chi connectivity index (χ2n) is 3.62. The molecule has 0 N–H and O–H groups in total. The van der Waals surface area contributed by atoms with Crippen LogP contribution in [0.4, 0.5) is 0 Å². The molecule has 16 heavy (non-hydrogen) atoms. The van der Waals surface area contributed by atoms with Gasteiger partial charge in [-0.15, -0.1) is 0 Å². The first-order valence-corrected chi connectivity index (χ1v) is 4.93. The molecule has 1 aromatic carbocycles. The Morgan fingerprint density at radius 1 is 1.25 bits per heavy atom. The summed E-state index contributed by atoms with van der Waals surface area (Å²) in [5.74, 6) is 0. The number of nitriles is 1. The molecule has 74 valence electrons. The molecule has 0 saturated heterocycles. The van der Waals surface area contributed by atoms with Gasteiger partial charge in [-0.3, -0.25) is 4.98 Å². The van der Waals surface area contributed by atoms with Crippen LogP contribution in [0.2, 0.25) is 0 Å². The Morgan fingerprint density at radius 2 is 1.94 bits per heavy atom. The molecule has 0 aliphatic carbocycles. The van der Waals surface area contributed by atoms with Gasteiger partial charge in [0.15, 0.2) is 0 Å². The van der Waals surface area contributed by atoms with Crippen LogP contribution < -0.4 is 5.46 Å². The predicted molar refractivity (Wildman–Crippen MR) is 64.5 cm³/mol. The van der Waals surface area contributed by atoms with Gasteiger partial charge in [-0.1, -0.05) is 23.2 Å². The summed E-state index contributed by atoms with van der Waals surface area (Å²) in [6.45, 7) is 1.95. The standard InChI is InChI=1S/C13H9BN2/c1-9-6-13(16-8-12(9)14)11-4-2-10(7-15)3-5-11/h2-6,8H,1H3. The molecule has 0 saturated carbocycles. The van der Waals surface area contributed by atoms with E-state index in [0.29, 0.717) is 11.0 Å². The van der Waals surface area contributed by atoms with E-state index in [2.05, 4.69) is 11.1 Å². The van der Waals surface area contributed by atoms with E-state index in [-0.39, 0.29) is 0 Å². The first-order chi connectivity index (χ1) is 7.70. The molecular weight excluding hydrogens is 195 g/mol. The molecule has 3 heteroatoms. The topological polar surface area (TPSA) is 36.7 Å². The van der Waals surface area contributed by atoms with Gasteiger partial charge in [-0.2, -0.15) is 5.26 Å². The molecule has 0 bridgehead atoms. The maximum absolute atomic E-state index is 8.70. The summed E-state index contributed by atoms with van der Waals surface area (Å²) in [6.07, 6.45) is 1.66. The summed E-state index contributed by atoms with van der Waals surface area (Å²) in [4.78, 5) is 4.26. The summed E-state index contributed by atoms with van der Waals surface area (Å²) in [7, 11) is 5.71. The van der Waals surface area contributed by atoms with E-state index in [1.54, 1.807) is 18.3 Å². The summed E-state index contributed by atoms with van der Waals surface area (Å²) in [6, 6.07) is 11.4. The number of pyridine rings is 1. The van der Waals surface area contributed by atoms with Gasteiger partial charge in [0.2, 0.25) is 0 Å². The third-order valence-electron chi connectivity index (χ3n) is 2.46. The van der Waals surface area contributed by atoms with E-state index in [1.807, 2.05) is 25.1 Å². The van der Waals surface area contributed by atoms with Crippen molar-refractivity contribution in [3.63, 3.8) is 0 Å². The van der Waals surface area contributed by atoms with Crippen LogP contribution in [0.15, 0.2) is 36.5 Å². The lowest BCUT2D eigenvalue weighted by atomic mass is 9.92. The lowest BCUT2D eigenvalue weighted by molar-refractivity contribution is 1.31. The summed E-state index contributed by atoms with van der Waals surface area (Å²) >= 11 is 0. The normalized spacial score (nSPS) is 9.75. The summed E-state index contributed by atoms with van der Waals surface area (Å²) < 4.78 is 0. The van der Waals surface area contributed by atoms with Gasteiger partial charge in [0, 0.05) is 11.8 Å². The van der Waals surface area contributed by atoms with Crippen molar-refractivity contribution in [2.24, 2.45) is 0 Å². The number of aryl methyl sites for hydroxylation is 1. The monoisotopic (exact) mass is 204 g/mol. The second kappa shape index (κ2) is 4.20. The highest BCUT2D eigenvalue weighted by Gasteiger charge is 2.01. The van der Waals surface area contributed by atoms with E-state index in [9.17, 15) is 0 Å². The van der Waals surface area contributed by atoms with Gasteiger partial charge in [-0.05, 0) is 25.1 Å². The minimum absolute atomic E-state index is 0.649. The van der Waals surface area contributed by atoms with Crippen molar-refractivity contribution in [2.75, 3.05) is 0 Å². The SMILES string of the molecule is [B]c1cnc(-c2ccc(C#N)cc2)cc1C. The molecular formula is C13H9BN2. The Kier molecular flexibility index (Phi) is 2.74. The van der Waals surface area contributed by atoms with E-state index >= 15 is 0 Å². The molecule has 2 radical (unpaired) electrons. The van der Waals surface area contributed by atoms with Gasteiger partial charge in [0.25, 0.3) is 0 Å². The van der Waals surface area contributed by atoms with Crippen molar-refractivity contribution in [1.82, 2.24) is 4.98 Å². The minimum Gasteiger partial charge on any atom is -0.257 e. The van der Waals surface area contributed by atoms with Crippen molar-refractivity contribution in [1.29, 1.82) is 5.26 Å². The molecule has 0 atom stereocenters. The summed E-state index contributed by atoms with van der Waals surface area (Å²) in [5.41, 5.74) is 4.21. The molecule has 2 rings (SSSR count). The molecule has 1 aromatic heterocycles. The van der Waals surface area contributed by atoms with Gasteiger partial charge >= 0.3 is 0 Å². The number of aromatic nitrogens is 1. The van der Waals surface area contributed by atoms with Gasteiger partial charge in [0.1, 0.15) is 7.85 Å². The van der Waals surface area contributed by atoms with Crippen LogP contribution in [0.3, 0.4) is 0 Å². The van der Waals surface area contributed by atoms with Crippen molar-refractivity contribution in [3.05, 3.63) is 47.7 Å². The Morgan fingerprint density at radius 3 is 2.50 bits per heavy atom. The highest BCUT2D eigenvalue weighted by Crippen LogP contribution is 2.17. The fraction of sp³-hybridized carbons (Fsp3) is 0.0769. The van der Waals surface area contributed by atoms with Crippen LogP contribution in [-0.2, 0) is 0 Å². The van der Waals surface area contributed by atoms with Gasteiger partial charge in [0.05, 0.1) is 17.3 Å². The Labute approximate surface area is 96.0 Å². The molecule has 0 aliphatic heterocycles. The molecule has 2 nitrogen and oxygen atoms in total. The molecule has 0 spiro atoms. The van der Waals surface area contributed by atoms with E-state index in [4.69, 9.17) is 13.1 Å². The number of hydrogen-bond acceptors (Lipinski definition) is 2. The first-order valence-electron chi connectivity index (χ1n) is 4.93. The van der Waals surface area contributed by atoms with Gasteiger partial charge < -0.3 is 0 Å². The maximum Gasteiger partial charge on any atom is 0.116 e. The average molecular weight is 204 g/mol. The Balaban J connectivity index is 2.43. The second-order valence-corrected chi connectivity index (χ2v) is 3.62. The molecule has 2 aromatic rings. The molecule has 0 fully saturated rings. The third-order valence-corrected chi connectivity index (χ3v) is 2.46. The third kappa shape index (κ3) is 1.96. The fourth-order valence-electron chi connectivity index (χ4n) is 1.44. The van der Waals surface area contributed by atoms with Crippen molar-refractivity contribution < 1.29 is 0 Å². The van der Waals surface area contributed by atoms with E-state index < -0.39 is 0 Å². The lowest BCUT2D eigenvalue weighted by Gasteiger charge is -2.04. The average Bonchev–Trinajstić information content (AvgIpc) is 2.33. The van der Waals surface area contributed by atoms with Crippen LogP contribution >= 0.6 is 0 Å². The Bertz CT molecular complexity index is 553. The van der Waals surface area contributed by atoms with E-state index in [1.165, 1.54) is 0 Å². The number of benzene rings is 1. The van der Waals surface area contributed by atoms with E-state index in [0.717, 1.165) is 16.8 Å². The molecule has 1 heterocycles. The van der Waals surface area contributed by atoms with Crippen LogP contribution in [0, 0.1) is 18.3 Å². The largest absolute Gasteiger partial charge is 0.257 e. The van der Waals surface area contributed by atoms with Crippen LogP contribution in [0.5, 0.6) is 0 Å². The zero-order valence-corrected chi connectivity index (χ0v) is 8.94. The van der Waals surface area contributed by atoms with Crippen LogP contribution in [0.25, 0.3) is 11.3 Å². The highest BCUT2D eigenvalue weighted by atomic mass is 14.7. The first kappa shape index (κ1) is 10.4. The fourth-order valence-corrected chi connectivity index (χ4v) is 1.44. The number of rotatable bonds is 1. The van der Waals surface area contributed by atoms with Crippen molar-refractivity contribution in [3.8, 4) is 17.3 Å². The molecule has 0 unspecified atom stereocenters. The van der Waals surface area contributed by atoms with Crippen LogP contribution in [-0.4, -0.2) is 12.8 Å². The highest BCUT2D eigenvalue weighted by molar-refractivity contribution is 6.33. The summed E-state index contributed by atoms with van der Waals surface area (Å²) in [5, 5.41) is 8.70. The predicted octanol–water partition coefficient (Wildman–Crippen LogP) is 1.72. The smallest absolute Gasteiger partial charge is 0.116 e. The maximum atomic E-state index is 8.70. The van der Waals surface area contributed by atoms with Crippen LogP contribution in [0.1, 0.15) is 11.1 Å². The zero-order valence-electron chi connectivity index (χ0n) is 8.94. The molecule has 0 aliphatic rings. The number of hydrogen-bond donors (Lipinski definition) is 0. The van der Waals surface area contributed by atoms with Gasteiger partial charge in [-0.25, -0.2) is 0 Å².